The molecule has 190 valence electrons. The van der Waals surface area contributed by atoms with Gasteiger partial charge in [0, 0.05) is 25.3 Å². The predicted octanol–water partition coefficient (Wildman–Crippen LogP) is 5.95. The van der Waals surface area contributed by atoms with Gasteiger partial charge in [-0.25, -0.2) is 0 Å². The Bertz CT molecular complexity index is 1110. The fourth-order valence-electron chi connectivity index (χ4n) is 3.97. The van der Waals surface area contributed by atoms with E-state index in [9.17, 15) is 9.59 Å². The third kappa shape index (κ3) is 8.56. The molecular formula is C31H38N2O2S. The van der Waals surface area contributed by atoms with Crippen LogP contribution in [0.3, 0.4) is 0 Å². The average molecular weight is 503 g/mol. The van der Waals surface area contributed by atoms with Crippen LogP contribution in [-0.2, 0) is 28.3 Å². The third-order valence-corrected chi connectivity index (χ3v) is 7.14. The lowest BCUT2D eigenvalue weighted by molar-refractivity contribution is -0.139. The van der Waals surface area contributed by atoms with Gasteiger partial charge in [-0.15, -0.1) is 11.8 Å². The molecule has 3 rings (SSSR count). The number of nitrogens with zero attached hydrogens (tertiary/aromatic N) is 1. The Labute approximate surface area is 220 Å². The first-order valence-corrected chi connectivity index (χ1v) is 13.8. The van der Waals surface area contributed by atoms with Crippen molar-refractivity contribution in [3.63, 3.8) is 0 Å². The van der Waals surface area contributed by atoms with Gasteiger partial charge in [-0.2, -0.15) is 0 Å². The second-order valence-corrected chi connectivity index (χ2v) is 10.8. The summed E-state index contributed by atoms with van der Waals surface area (Å²) in [5.41, 5.74) is 5.69. The maximum absolute atomic E-state index is 13.7. The molecule has 0 saturated heterocycles. The van der Waals surface area contributed by atoms with Crippen LogP contribution in [0, 0.1) is 19.8 Å². The minimum atomic E-state index is -0.584. The van der Waals surface area contributed by atoms with Crippen LogP contribution in [0.25, 0.3) is 0 Å². The summed E-state index contributed by atoms with van der Waals surface area (Å²) >= 11 is 1.60. The zero-order valence-electron chi connectivity index (χ0n) is 21.9. The maximum atomic E-state index is 13.7. The van der Waals surface area contributed by atoms with Gasteiger partial charge in [-0.05, 0) is 42.0 Å². The molecule has 3 aromatic carbocycles. The van der Waals surface area contributed by atoms with Crippen LogP contribution in [0.5, 0.6) is 0 Å². The van der Waals surface area contributed by atoms with Gasteiger partial charge in [0.15, 0.2) is 0 Å². The SMILES string of the molecule is Cc1ccc(CN(C(=O)CSCc2ccccc2C)[C@@H](Cc2ccccc2)C(=O)NCC(C)C)cc1. The van der Waals surface area contributed by atoms with Crippen LogP contribution in [0.15, 0.2) is 78.9 Å². The molecule has 0 bridgehead atoms. The highest BCUT2D eigenvalue weighted by Crippen LogP contribution is 2.20. The van der Waals surface area contributed by atoms with E-state index in [2.05, 4.69) is 50.4 Å². The lowest BCUT2D eigenvalue weighted by atomic mass is 10.0. The van der Waals surface area contributed by atoms with Gasteiger partial charge in [-0.1, -0.05) is 98.3 Å². The summed E-state index contributed by atoms with van der Waals surface area (Å²) in [5.74, 6) is 1.30. The number of carbonyl (C=O) groups is 2. The molecule has 0 aliphatic heterocycles. The number of hydrogen-bond acceptors (Lipinski definition) is 3. The number of nitrogens with one attached hydrogen (secondary N) is 1. The molecule has 1 N–H and O–H groups in total. The van der Waals surface area contributed by atoms with Crippen LogP contribution in [0.4, 0.5) is 0 Å². The van der Waals surface area contributed by atoms with Crippen molar-refractivity contribution >= 4 is 23.6 Å². The lowest BCUT2D eigenvalue weighted by Crippen LogP contribution is -2.51. The molecule has 5 heteroatoms. The number of aryl methyl sites for hydroxylation is 2. The topological polar surface area (TPSA) is 49.4 Å². The molecule has 0 aromatic heterocycles. The monoisotopic (exact) mass is 502 g/mol. The van der Waals surface area contributed by atoms with Crippen LogP contribution in [-0.4, -0.2) is 35.1 Å². The van der Waals surface area contributed by atoms with Crippen molar-refractivity contribution in [2.75, 3.05) is 12.3 Å². The standard InChI is InChI=1S/C31H38N2O2S/c1-23(2)19-32-31(35)29(18-26-11-6-5-7-12-26)33(20-27-16-14-24(3)15-17-27)30(34)22-36-21-28-13-9-8-10-25(28)4/h5-17,23,29H,18-22H2,1-4H3,(H,32,35)/t29-/m0/s1. The molecule has 3 aromatic rings. The molecule has 1 atom stereocenters. The van der Waals surface area contributed by atoms with E-state index in [1.54, 1.807) is 16.7 Å². The van der Waals surface area contributed by atoms with E-state index in [1.807, 2.05) is 61.5 Å². The Kier molecular flexibility index (Phi) is 10.6. The Morgan fingerprint density at radius 1 is 0.861 bits per heavy atom. The first-order chi connectivity index (χ1) is 17.3. The molecule has 0 aliphatic carbocycles. The summed E-state index contributed by atoms with van der Waals surface area (Å²) in [4.78, 5) is 28.9. The van der Waals surface area contributed by atoms with Gasteiger partial charge >= 0.3 is 0 Å². The van der Waals surface area contributed by atoms with Gasteiger partial charge < -0.3 is 10.2 Å². The van der Waals surface area contributed by atoms with Gasteiger partial charge in [0.05, 0.1) is 5.75 Å². The van der Waals surface area contributed by atoms with Crippen LogP contribution in [0.1, 0.15) is 41.7 Å². The maximum Gasteiger partial charge on any atom is 0.243 e. The normalized spacial score (nSPS) is 11.8. The molecule has 0 heterocycles. The molecule has 0 radical (unpaired) electrons. The van der Waals surface area contributed by atoms with E-state index in [1.165, 1.54) is 16.7 Å². The minimum absolute atomic E-state index is 0.0187. The van der Waals surface area contributed by atoms with E-state index in [-0.39, 0.29) is 11.8 Å². The van der Waals surface area contributed by atoms with Gasteiger partial charge in [0.1, 0.15) is 6.04 Å². The van der Waals surface area contributed by atoms with Crippen molar-refractivity contribution < 1.29 is 9.59 Å². The zero-order valence-corrected chi connectivity index (χ0v) is 22.7. The second kappa shape index (κ2) is 13.9. The Balaban J connectivity index is 1.84. The summed E-state index contributed by atoms with van der Waals surface area (Å²) < 4.78 is 0. The molecule has 0 spiro atoms. The smallest absolute Gasteiger partial charge is 0.243 e. The highest BCUT2D eigenvalue weighted by atomic mass is 32.2. The predicted molar refractivity (Wildman–Crippen MR) is 151 cm³/mol. The first-order valence-electron chi connectivity index (χ1n) is 12.6. The highest BCUT2D eigenvalue weighted by Gasteiger charge is 2.30. The number of benzene rings is 3. The van der Waals surface area contributed by atoms with Gasteiger partial charge in [-0.3, -0.25) is 9.59 Å². The third-order valence-electron chi connectivity index (χ3n) is 6.17. The van der Waals surface area contributed by atoms with E-state index in [0.717, 1.165) is 16.9 Å². The van der Waals surface area contributed by atoms with Gasteiger partial charge in [0.25, 0.3) is 0 Å². The number of thioether (sulfide) groups is 1. The second-order valence-electron chi connectivity index (χ2n) is 9.77. The van der Waals surface area contributed by atoms with Crippen LogP contribution >= 0.6 is 11.8 Å². The number of carbonyl (C=O) groups excluding carboxylic acids is 2. The molecule has 2 amide bonds. The number of hydrogen-bond donors (Lipinski definition) is 1. The summed E-state index contributed by atoms with van der Waals surface area (Å²) in [5, 5.41) is 3.08. The lowest BCUT2D eigenvalue weighted by Gasteiger charge is -2.32. The van der Waals surface area contributed by atoms with E-state index >= 15 is 0 Å². The quantitative estimate of drug-likeness (QED) is 0.333. The Morgan fingerprint density at radius 2 is 1.53 bits per heavy atom. The van der Waals surface area contributed by atoms with Crippen molar-refractivity contribution in [2.24, 2.45) is 5.92 Å². The fourth-order valence-corrected chi connectivity index (χ4v) is 4.96. The fraction of sp³-hybridized carbons (Fsp3) is 0.355. The first kappa shape index (κ1) is 27.5. The minimum Gasteiger partial charge on any atom is -0.354 e. The largest absolute Gasteiger partial charge is 0.354 e. The van der Waals surface area contributed by atoms with Crippen LogP contribution in [0.2, 0.25) is 0 Å². The summed E-state index contributed by atoms with van der Waals surface area (Å²) in [6.07, 6.45) is 0.477. The number of rotatable bonds is 12. The highest BCUT2D eigenvalue weighted by molar-refractivity contribution is 7.99. The van der Waals surface area contributed by atoms with Crippen LogP contribution < -0.4 is 5.32 Å². The molecule has 0 saturated carbocycles. The average Bonchev–Trinajstić information content (AvgIpc) is 2.87. The van der Waals surface area contributed by atoms with E-state index in [4.69, 9.17) is 0 Å². The van der Waals surface area contributed by atoms with Crippen molar-refractivity contribution in [3.05, 3.63) is 107 Å². The van der Waals surface area contributed by atoms with Crippen molar-refractivity contribution in [1.29, 1.82) is 0 Å². The summed E-state index contributed by atoms with van der Waals surface area (Å²) in [6, 6.07) is 25.8. The van der Waals surface area contributed by atoms with E-state index in [0.29, 0.717) is 31.2 Å². The molecule has 0 fully saturated rings. The van der Waals surface area contributed by atoms with Crippen molar-refractivity contribution in [1.82, 2.24) is 10.2 Å². The van der Waals surface area contributed by atoms with Gasteiger partial charge in [0.2, 0.25) is 11.8 Å². The zero-order chi connectivity index (χ0) is 25.9. The molecule has 0 aliphatic rings. The summed E-state index contributed by atoms with van der Waals surface area (Å²) in [7, 11) is 0. The molecular weight excluding hydrogens is 464 g/mol. The van der Waals surface area contributed by atoms with Crippen molar-refractivity contribution in [3.8, 4) is 0 Å². The molecule has 36 heavy (non-hydrogen) atoms. The Morgan fingerprint density at radius 3 is 2.19 bits per heavy atom. The van der Waals surface area contributed by atoms with E-state index < -0.39 is 6.04 Å². The number of amides is 2. The molecule has 0 unspecified atom stereocenters. The summed E-state index contributed by atoms with van der Waals surface area (Å²) in [6.45, 7) is 9.27. The Hall–Kier alpha value is -3.05. The van der Waals surface area contributed by atoms with Crippen molar-refractivity contribution in [2.45, 2.75) is 52.5 Å². The molecule has 4 nitrogen and oxygen atoms in total.